The lowest BCUT2D eigenvalue weighted by Gasteiger charge is -2.00. The summed E-state index contributed by atoms with van der Waals surface area (Å²) in [6, 6.07) is 13.5. The monoisotopic (exact) mass is 289 g/mol. The van der Waals surface area contributed by atoms with Crippen LogP contribution in [-0.4, -0.2) is 14.5 Å². The van der Waals surface area contributed by atoms with Crippen LogP contribution in [0.3, 0.4) is 0 Å². The second kappa shape index (κ2) is 5.55. The Hall–Kier alpha value is -3.38. The van der Waals surface area contributed by atoms with Crippen LogP contribution in [0.1, 0.15) is 22.8 Å². The fourth-order valence-electron chi connectivity index (χ4n) is 2.14. The van der Waals surface area contributed by atoms with Crippen LogP contribution >= 0.6 is 0 Å². The Morgan fingerprint density at radius 3 is 2.64 bits per heavy atom. The molecule has 6 nitrogen and oxygen atoms in total. The van der Waals surface area contributed by atoms with Gasteiger partial charge in [-0.15, -0.1) is 0 Å². The zero-order valence-electron chi connectivity index (χ0n) is 11.8. The highest BCUT2D eigenvalue weighted by Crippen LogP contribution is 2.22. The maximum Gasteiger partial charge on any atom is 0.226 e. The molecule has 6 heteroatoms. The molecule has 0 aliphatic carbocycles. The van der Waals surface area contributed by atoms with Gasteiger partial charge < -0.3 is 8.98 Å². The molecule has 2 heterocycles. The van der Waals surface area contributed by atoms with Crippen LogP contribution in [0.5, 0.6) is 0 Å². The smallest absolute Gasteiger partial charge is 0.226 e. The predicted octanol–water partition coefficient (Wildman–Crippen LogP) is 2.64. The van der Waals surface area contributed by atoms with Crippen molar-refractivity contribution in [3.8, 4) is 23.6 Å². The second-order valence-corrected chi connectivity index (χ2v) is 4.68. The normalized spacial score (nSPS) is 10.1. The predicted molar refractivity (Wildman–Crippen MR) is 77.4 cm³/mol. The molecule has 0 aliphatic heterocycles. The number of aryl methyl sites for hydroxylation is 1. The molecular weight excluding hydrogens is 278 g/mol. The summed E-state index contributed by atoms with van der Waals surface area (Å²) in [4.78, 5) is 8.40. The lowest BCUT2D eigenvalue weighted by molar-refractivity contribution is 0.537. The van der Waals surface area contributed by atoms with E-state index in [0.29, 0.717) is 23.9 Å². The Morgan fingerprint density at radius 2 is 1.95 bits per heavy atom. The second-order valence-electron chi connectivity index (χ2n) is 4.68. The van der Waals surface area contributed by atoms with Gasteiger partial charge in [-0.3, -0.25) is 0 Å². The van der Waals surface area contributed by atoms with E-state index in [9.17, 15) is 0 Å². The van der Waals surface area contributed by atoms with Gasteiger partial charge in [-0.2, -0.15) is 10.5 Å². The first-order valence-corrected chi connectivity index (χ1v) is 6.60. The maximum atomic E-state index is 9.14. The highest BCUT2D eigenvalue weighted by Gasteiger charge is 2.15. The fourth-order valence-corrected chi connectivity index (χ4v) is 2.14. The topological polar surface area (TPSA) is 91.4 Å². The van der Waals surface area contributed by atoms with Crippen molar-refractivity contribution in [3.05, 3.63) is 59.5 Å². The molecule has 0 saturated carbocycles. The molecule has 0 aliphatic rings. The summed E-state index contributed by atoms with van der Waals surface area (Å²) in [5, 5.41) is 18.1. The van der Waals surface area contributed by atoms with Crippen LogP contribution in [0.2, 0.25) is 0 Å². The van der Waals surface area contributed by atoms with Gasteiger partial charge in [-0.05, 0) is 19.1 Å². The van der Waals surface area contributed by atoms with Gasteiger partial charge in [0.05, 0.1) is 12.9 Å². The summed E-state index contributed by atoms with van der Waals surface area (Å²) < 4.78 is 7.28. The minimum atomic E-state index is 0.118. The Labute approximate surface area is 126 Å². The summed E-state index contributed by atoms with van der Waals surface area (Å²) in [5.41, 5.74) is 1.94. The first-order chi connectivity index (χ1) is 10.7. The van der Waals surface area contributed by atoms with E-state index in [0.717, 1.165) is 5.56 Å². The molecule has 0 N–H and O–H groups in total. The minimum absolute atomic E-state index is 0.118. The highest BCUT2D eigenvalue weighted by molar-refractivity contribution is 5.53. The number of oxazole rings is 1. The van der Waals surface area contributed by atoms with Crippen LogP contribution < -0.4 is 0 Å². The van der Waals surface area contributed by atoms with Crippen LogP contribution in [0.25, 0.3) is 11.5 Å². The lowest BCUT2D eigenvalue weighted by Crippen LogP contribution is -2.03. The van der Waals surface area contributed by atoms with Crippen molar-refractivity contribution in [1.82, 2.24) is 14.5 Å². The van der Waals surface area contributed by atoms with E-state index in [1.165, 1.54) is 6.33 Å². The van der Waals surface area contributed by atoms with Gasteiger partial charge >= 0.3 is 0 Å². The molecule has 3 rings (SSSR count). The fraction of sp³-hybridized carbons (Fsp3) is 0.125. The number of nitriles is 2. The maximum absolute atomic E-state index is 9.14. The quantitative estimate of drug-likeness (QED) is 0.739. The zero-order valence-corrected chi connectivity index (χ0v) is 11.8. The van der Waals surface area contributed by atoms with Gasteiger partial charge in [0.2, 0.25) is 5.89 Å². The summed E-state index contributed by atoms with van der Waals surface area (Å²) in [6.07, 6.45) is 1.47. The van der Waals surface area contributed by atoms with Crippen molar-refractivity contribution in [2.24, 2.45) is 0 Å². The first-order valence-electron chi connectivity index (χ1n) is 6.60. The van der Waals surface area contributed by atoms with Crippen LogP contribution in [0.15, 0.2) is 41.1 Å². The number of rotatable bonds is 3. The summed E-state index contributed by atoms with van der Waals surface area (Å²) in [7, 11) is 0. The number of imidazole rings is 1. The molecule has 2 aromatic heterocycles. The Balaban J connectivity index is 1.95. The van der Waals surface area contributed by atoms with Crippen LogP contribution in [-0.2, 0) is 6.54 Å². The molecule has 0 atom stereocenters. The highest BCUT2D eigenvalue weighted by atomic mass is 16.4. The summed E-state index contributed by atoms with van der Waals surface area (Å²) in [5.74, 6) is 1.21. The molecule has 106 valence electrons. The standard InChI is InChI=1S/C16H11N5O/c1-11-14(9-21-10-19-13(7-17)15(21)8-18)20-16(22-11)12-5-3-2-4-6-12/h2-6,10H,9H2,1H3. The van der Waals surface area contributed by atoms with E-state index in [-0.39, 0.29) is 11.4 Å². The number of hydrogen-bond donors (Lipinski definition) is 0. The molecule has 0 amide bonds. The Kier molecular flexibility index (Phi) is 3.43. The van der Waals surface area contributed by atoms with E-state index in [1.54, 1.807) is 4.57 Å². The van der Waals surface area contributed by atoms with E-state index in [2.05, 4.69) is 9.97 Å². The largest absolute Gasteiger partial charge is 0.441 e. The number of benzene rings is 1. The molecule has 3 aromatic rings. The van der Waals surface area contributed by atoms with Gasteiger partial charge in [0.1, 0.15) is 23.6 Å². The Morgan fingerprint density at radius 1 is 1.18 bits per heavy atom. The third kappa shape index (κ3) is 2.34. The van der Waals surface area contributed by atoms with Crippen molar-refractivity contribution in [2.75, 3.05) is 0 Å². The molecule has 1 aromatic carbocycles. The molecule has 0 spiro atoms. The molecule has 0 bridgehead atoms. The number of aromatic nitrogens is 3. The first kappa shape index (κ1) is 13.6. The average Bonchev–Trinajstić information content (AvgIpc) is 3.12. The molecule has 0 saturated heterocycles. The summed E-state index contributed by atoms with van der Waals surface area (Å²) in [6.45, 7) is 2.16. The third-order valence-electron chi connectivity index (χ3n) is 3.28. The molecule has 0 unspecified atom stereocenters. The van der Waals surface area contributed by atoms with Gasteiger partial charge in [-0.25, -0.2) is 9.97 Å². The number of nitrogens with zero attached hydrogens (tertiary/aromatic N) is 5. The minimum Gasteiger partial charge on any atom is -0.441 e. The SMILES string of the molecule is Cc1oc(-c2ccccc2)nc1Cn1cnc(C#N)c1C#N. The van der Waals surface area contributed by atoms with E-state index >= 15 is 0 Å². The summed E-state index contributed by atoms with van der Waals surface area (Å²) >= 11 is 0. The molecule has 0 fully saturated rings. The van der Waals surface area contributed by atoms with Crippen LogP contribution in [0.4, 0.5) is 0 Å². The van der Waals surface area contributed by atoms with E-state index in [1.807, 2.05) is 49.4 Å². The average molecular weight is 289 g/mol. The van der Waals surface area contributed by atoms with Gasteiger partial charge in [-0.1, -0.05) is 18.2 Å². The third-order valence-corrected chi connectivity index (χ3v) is 3.28. The van der Waals surface area contributed by atoms with Gasteiger partial charge in [0.15, 0.2) is 11.4 Å². The number of hydrogen-bond acceptors (Lipinski definition) is 5. The van der Waals surface area contributed by atoms with Crippen molar-refractivity contribution in [1.29, 1.82) is 10.5 Å². The van der Waals surface area contributed by atoms with Crippen molar-refractivity contribution >= 4 is 0 Å². The van der Waals surface area contributed by atoms with Gasteiger partial charge in [0, 0.05) is 5.56 Å². The van der Waals surface area contributed by atoms with Crippen molar-refractivity contribution < 1.29 is 4.42 Å². The Bertz CT molecular complexity index is 893. The van der Waals surface area contributed by atoms with Crippen molar-refractivity contribution in [2.45, 2.75) is 13.5 Å². The molecule has 0 radical (unpaired) electrons. The van der Waals surface area contributed by atoms with E-state index < -0.39 is 0 Å². The van der Waals surface area contributed by atoms with E-state index in [4.69, 9.17) is 14.9 Å². The molecule has 22 heavy (non-hydrogen) atoms. The lowest BCUT2D eigenvalue weighted by atomic mass is 10.2. The zero-order chi connectivity index (χ0) is 15.5. The van der Waals surface area contributed by atoms with Crippen molar-refractivity contribution in [3.63, 3.8) is 0 Å². The van der Waals surface area contributed by atoms with Crippen LogP contribution in [0, 0.1) is 29.6 Å². The molecular formula is C16H11N5O. The van der Waals surface area contributed by atoms with Gasteiger partial charge in [0.25, 0.3) is 0 Å².